The lowest BCUT2D eigenvalue weighted by molar-refractivity contribution is 0.593. The molecule has 0 aliphatic heterocycles. The second-order valence-corrected chi connectivity index (χ2v) is 6.44. The van der Waals surface area contributed by atoms with E-state index >= 15 is 0 Å². The minimum absolute atomic E-state index is 0.0497. The summed E-state index contributed by atoms with van der Waals surface area (Å²) in [6, 6.07) is 11.2. The topological polar surface area (TPSA) is 76.9 Å². The Labute approximate surface area is 132 Å². The quantitative estimate of drug-likeness (QED) is 0.795. The van der Waals surface area contributed by atoms with Gasteiger partial charge < -0.3 is 0 Å². The number of aromatic nitrogens is 3. The average molecular weight is 335 g/mol. The van der Waals surface area contributed by atoms with E-state index < -0.39 is 10.0 Å². The van der Waals surface area contributed by atoms with Crippen LogP contribution in [0.2, 0.25) is 5.02 Å². The summed E-state index contributed by atoms with van der Waals surface area (Å²) in [7, 11) is -3.77. The molecule has 0 spiro atoms. The lowest BCUT2D eigenvalue weighted by Gasteiger charge is -2.10. The van der Waals surface area contributed by atoms with Gasteiger partial charge in [0.05, 0.1) is 0 Å². The Kier molecular flexibility index (Phi) is 3.82. The van der Waals surface area contributed by atoms with Crippen LogP contribution in [-0.4, -0.2) is 23.0 Å². The van der Waals surface area contributed by atoms with Crippen LogP contribution < -0.4 is 4.72 Å². The molecule has 22 heavy (non-hydrogen) atoms. The molecule has 0 aliphatic carbocycles. The molecule has 0 aliphatic rings. The highest BCUT2D eigenvalue weighted by Gasteiger charge is 2.20. The first kappa shape index (κ1) is 14.6. The van der Waals surface area contributed by atoms with Gasteiger partial charge in [0.25, 0.3) is 10.0 Å². The number of rotatable bonds is 4. The minimum Gasteiger partial charge on any atom is -0.278 e. The first-order valence-corrected chi connectivity index (χ1v) is 8.15. The monoisotopic (exact) mass is 334 g/mol. The van der Waals surface area contributed by atoms with E-state index in [0.29, 0.717) is 10.7 Å². The summed E-state index contributed by atoms with van der Waals surface area (Å²) in [5, 5.41) is 0.581. The van der Waals surface area contributed by atoms with E-state index in [0.717, 1.165) is 0 Å². The van der Waals surface area contributed by atoms with Crippen LogP contribution in [0.3, 0.4) is 0 Å². The van der Waals surface area contributed by atoms with Gasteiger partial charge in [0, 0.05) is 29.3 Å². The molecule has 0 radical (unpaired) electrons. The van der Waals surface area contributed by atoms with E-state index in [-0.39, 0.29) is 11.0 Å². The molecule has 3 rings (SSSR count). The Morgan fingerprint density at radius 3 is 2.36 bits per heavy atom. The second kappa shape index (κ2) is 5.78. The lowest BCUT2D eigenvalue weighted by Crippen LogP contribution is -2.17. The number of hydrogen-bond acceptors (Lipinski definition) is 4. The van der Waals surface area contributed by atoms with Crippen LogP contribution >= 0.6 is 11.6 Å². The zero-order valence-electron chi connectivity index (χ0n) is 11.2. The van der Waals surface area contributed by atoms with Gasteiger partial charge in [-0.05, 0) is 42.5 Å². The molecule has 6 nitrogen and oxygen atoms in total. The number of hydrogen-bond donors (Lipinski definition) is 1. The predicted molar refractivity (Wildman–Crippen MR) is 83.6 cm³/mol. The Hall–Kier alpha value is -2.38. The molecule has 8 heteroatoms. The number of nitrogens with zero attached hydrogens (tertiary/aromatic N) is 3. The molecule has 0 saturated heterocycles. The fourth-order valence-electron chi connectivity index (χ4n) is 1.89. The fourth-order valence-corrected chi connectivity index (χ4v) is 3.23. The SMILES string of the molecule is O=S(=O)(Nc1ccc(Cl)cc1)c1cccn1-c1ncccn1. The van der Waals surface area contributed by atoms with E-state index in [1.165, 1.54) is 10.6 Å². The smallest absolute Gasteiger partial charge is 0.278 e. The molecule has 2 aromatic heterocycles. The highest BCUT2D eigenvalue weighted by Crippen LogP contribution is 2.20. The first-order valence-electron chi connectivity index (χ1n) is 6.29. The van der Waals surface area contributed by atoms with Gasteiger partial charge in [0.1, 0.15) is 0 Å². The van der Waals surface area contributed by atoms with Gasteiger partial charge in [-0.3, -0.25) is 9.29 Å². The number of anilines is 1. The molecule has 1 aromatic carbocycles. The van der Waals surface area contributed by atoms with E-state index in [9.17, 15) is 8.42 Å². The molecule has 3 aromatic rings. The summed E-state index contributed by atoms with van der Waals surface area (Å²) < 4.78 is 28.9. The van der Waals surface area contributed by atoms with Crippen molar-refractivity contribution in [2.24, 2.45) is 0 Å². The van der Waals surface area contributed by atoms with Crippen molar-refractivity contribution in [2.45, 2.75) is 5.03 Å². The van der Waals surface area contributed by atoms with Gasteiger partial charge in [-0.1, -0.05) is 11.6 Å². The zero-order chi connectivity index (χ0) is 15.6. The molecule has 0 fully saturated rings. The largest absolute Gasteiger partial charge is 0.278 e. The maximum atomic E-state index is 12.5. The third-order valence-electron chi connectivity index (χ3n) is 2.85. The van der Waals surface area contributed by atoms with Gasteiger partial charge in [0.2, 0.25) is 5.95 Å². The number of halogens is 1. The standard InChI is InChI=1S/C14H11ClN4O2S/c15-11-4-6-12(7-5-11)18-22(20,21)13-3-1-10-19(13)14-16-8-2-9-17-14/h1-10,18H. The summed E-state index contributed by atoms with van der Waals surface area (Å²) in [6.45, 7) is 0. The van der Waals surface area contributed by atoms with Crippen LogP contribution in [0, 0.1) is 0 Å². The summed E-state index contributed by atoms with van der Waals surface area (Å²) in [5.74, 6) is 0.281. The molecule has 0 saturated carbocycles. The molecule has 2 heterocycles. The van der Waals surface area contributed by atoms with Gasteiger partial charge in [-0.2, -0.15) is 8.42 Å². The van der Waals surface area contributed by atoms with Crippen molar-refractivity contribution in [3.8, 4) is 5.95 Å². The Balaban J connectivity index is 1.97. The zero-order valence-corrected chi connectivity index (χ0v) is 12.8. The van der Waals surface area contributed by atoms with E-state index in [4.69, 9.17) is 11.6 Å². The normalized spacial score (nSPS) is 11.3. The summed E-state index contributed by atoms with van der Waals surface area (Å²) >= 11 is 5.79. The number of benzene rings is 1. The predicted octanol–water partition coefficient (Wildman–Crippen LogP) is 2.72. The Morgan fingerprint density at radius 1 is 1.00 bits per heavy atom. The summed E-state index contributed by atoms with van der Waals surface area (Å²) in [5.41, 5.74) is 0.422. The highest BCUT2D eigenvalue weighted by molar-refractivity contribution is 7.92. The molecule has 112 valence electrons. The first-order chi connectivity index (χ1) is 10.6. The Morgan fingerprint density at radius 2 is 1.68 bits per heavy atom. The molecule has 0 bridgehead atoms. The van der Waals surface area contributed by atoms with Crippen LogP contribution in [0.4, 0.5) is 5.69 Å². The van der Waals surface area contributed by atoms with Crippen LogP contribution in [0.15, 0.2) is 66.1 Å². The fraction of sp³-hybridized carbons (Fsp3) is 0. The lowest BCUT2D eigenvalue weighted by atomic mass is 10.3. The molecular formula is C14H11ClN4O2S. The van der Waals surface area contributed by atoms with Crippen molar-refractivity contribution in [3.05, 3.63) is 66.1 Å². The molecular weight excluding hydrogens is 324 g/mol. The van der Waals surface area contributed by atoms with E-state index in [1.807, 2.05) is 0 Å². The van der Waals surface area contributed by atoms with Crippen molar-refractivity contribution in [2.75, 3.05) is 4.72 Å². The number of sulfonamides is 1. The number of nitrogens with one attached hydrogen (secondary N) is 1. The Bertz CT molecular complexity index is 877. The molecule has 0 amide bonds. The maximum absolute atomic E-state index is 12.5. The van der Waals surface area contributed by atoms with Crippen LogP contribution in [0.25, 0.3) is 5.95 Å². The van der Waals surface area contributed by atoms with E-state index in [1.54, 1.807) is 55.0 Å². The van der Waals surface area contributed by atoms with Crippen LogP contribution in [0.5, 0.6) is 0 Å². The van der Waals surface area contributed by atoms with Gasteiger partial charge in [-0.25, -0.2) is 9.97 Å². The van der Waals surface area contributed by atoms with E-state index in [2.05, 4.69) is 14.7 Å². The van der Waals surface area contributed by atoms with Crippen LogP contribution in [0.1, 0.15) is 0 Å². The average Bonchev–Trinajstić information content (AvgIpc) is 3.01. The maximum Gasteiger partial charge on any atom is 0.278 e. The van der Waals surface area contributed by atoms with Crippen molar-refractivity contribution >= 4 is 27.3 Å². The third kappa shape index (κ3) is 2.95. The second-order valence-electron chi connectivity index (χ2n) is 4.38. The van der Waals surface area contributed by atoms with Gasteiger partial charge in [0.15, 0.2) is 5.03 Å². The molecule has 0 atom stereocenters. The summed E-state index contributed by atoms with van der Waals surface area (Å²) in [4.78, 5) is 8.11. The minimum atomic E-state index is -3.77. The van der Waals surface area contributed by atoms with Gasteiger partial charge >= 0.3 is 0 Å². The third-order valence-corrected chi connectivity index (χ3v) is 4.49. The molecule has 0 unspecified atom stereocenters. The van der Waals surface area contributed by atoms with Crippen molar-refractivity contribution in [1.82, 2.24) is 14.5 Å². The highest BCUT2D eigenvalue weighted by atomic mass is 35.5. The van der Waals surface area contributed by atoms with Crippen molar-refractivity contribution < 1.29 is 8.42 Å². The van der Waals surface area contributed by atoms with Crippen molar-refractivity contribution in [3.63, 3.8) is 0 Å². The summed E-state index contributed by atoms with van der Waals surface area (Å²) in [6.07, 6.45) is 4.68. The van der Waals surface area contributed by atoms with Crippen LogP contribution in [-0.2, 0) is 10.0 Å². The molecule has 1 N–H and O–H groups in total. The van der Waals surface area contributed by atoms with Crippen molar-refractivity contribution in [1.29, 1.82) is 0 Å². The van der Waals surface area contributed by atoms with Gasteiger partial charge in [-0.15, -0.1) is 0 Å².